The van der Waals surface area contributed by atoms with Gasteiger partial charge in [-0.2, -0.15) is 0 Å². The lowest BCUT2D eigenvalue weighted by molar-refractivity contribution is -0.118. The van der Waals surface area contributed by atoms with Gasteiger partial charge in [-0.3, -0.25) is 4.79 Å². The second kappa shape index (κ2) is 8.48. The first-order valence-corrected chi connectivity index (χ1v) is 8.75. The van der Waals surface area contributed by atoms with Gasteiger partial charge in [-0.15, -0.1) is 10.2 Å². The van der Waals surface area contributed by atoms with E-state index >= 15 is 0 Å². The van der Waals surface area contributed by atoms with E-state index in [1.165, 1.54) is 6.07 Å². The molecule has 134 valence electrons. The number of nitrogens with zero attached hydrogens (tertiary/aromatic N) is 2. The van der Waals surface area contributed by atoms with Gasteiger partial charge in [0.05, 0.1) is 12.9 Å². The fourth-order valence-electron chi connectivity index (χ4n) is 2.13. The average Bonchev–Trinajstić information content (AvgIpc) is 3.15. The normalized spacial score (nSPS) is 10.5. The van der Waals surface area contributed by atoms with Crippen molar-refractivity contribution in [3.8, 4) is 17.2 Å². The summed E-state index contributed by atoms with van der Waals surface area (Å²) >= 11 is 1.12. The molecule has 0 unspecified atom stereocenters. The Morgan fingerprint density at radius 2 is 1.96 bits per heavy atom. The van der Waals surface area contributed by atoms with Gasteiger partial charge in [0.1, 0.15) is 11.6 Å². The van der Waals surface area contributed by atoms with Crippen molar-refractivity contribution < 1.29 is 18.3 Å². The minimum atomic E-state index is -0.346. The van der Waals surface area contributed by atoms with Crippen LogP contribution in [0.3, 0.4) is 0 Å². The molecule has 3 rings (SSSR count). The highest BCUT2D eigenvalue weighted by atomic mass is 32.2. The first kappa shape index (κ1) is 17.9. The molecule has 0 aliphatic heterocycles. The number of halogens is 1. The highest BCUT2D eigenvalue weighted by Crippen LogP contribution is 2.24. The number of ether oxygens (including phenoxy) is 1. The molecule has 0 aliphatic rings. The van der Waals surface area contributed by atoms with E-state index in [2.05, 4.69) is 15.5 Å². The molecule has 1 heterocycles. The van der Waals surface area contributed by atoms with E-state index in [4.69, 9.17) is 9.15 Å². The lowest BCUT2D eigenvalue weighted by Crippen LogP contribution is -2.25. The van der Waals surface area contributed by atoms with Gasteiger partial charge in [0.25, 0.3) is 5.22 Å². The zero-order valence-corrected chi connectivity index (χ0v) is 14.8. The van der Waals surface area contributed by atoms with Crippen LogP contribution in [0.15, 0.2) is 58.2 Å². The van der Waals surface area contributed by atoms with Crippen LogP contribution in [0.1, 0.15) is 5.56 Å². The van der Waals surface area contributed by atoms with Crippen molar-refractivity contribution in [3.05, 3.63) is 59.9 Å². The third kappa shape index (κ3) is 4.60. The maximum Gasteiger partial charge on any atom is 0.277 e. The van der Waals surface area contributed by atoms with Gasteiger partial charge >= 0.3 is 0 Å². The molecule has 1 N–H and O–H groups in total. The number of hydrogen-bond donors (Lipinski definition) is 1. The summed E-state index contributed by atoms with van der Waals surface area (Å²) in [7, 11) is 1.59. The molecule has 2 aromatic carbocycles. The summed E-state index contributed by atoms with van der Waals surface area (Å²) in [6.45, 7) is 0.132. The topological polar surface area (TPSA) is 77.2 Å². The Bertz CT molecular complexity index is 883. The number of methoxy groups -OCH3 is 1. The molecule has 26 heavy (non-hydrogen) atoms. The van der Waals surface area contributed by atoms with E-state index in [1.807, 2.05) is 12.1 Å². The number of aromatic nitrogens is 2. The molecule has 0 radical (unpaired) electrons. The first-order valence-electron chi connectivity index (χ1n) is 7.76. The Hall–Kier alpha value is -2.87. The summed E-state index contributed by atoms with van der Waals surface area (Å²) in [5.74, 6) is 0.596. The van der Waals surface area contributed by atoms with Crippen LogP contribution in [0.25, 0.3) is 11.5 Å². The molecule has 0 saturated heterocycles. The third-order valence-corrected chi connectivity index (χ3v) is 4.32. The largest absolute Gasteiger partial charge is 0.497 e. The highest BCUT2D eigenvalue weighted by molar-refractivity contribution is 7.99. The number of thioether (sulfide) groups is 1. The van der Waals surface area contributed by atoms with Crippen LogP contribution in [0.2, 0.25) is 0 Å². The van der Waals surface area contributed by atoms with Crippen molar-refractivity contribution >= 4 is 17.7 Å². The van der Waals surface area contributed by atoms with Crippen molar-refractivity contribution in [3.63, 3.8) is 0 Å². The van der Waals surface area contributed by atoms with Crippen LogP contribution < -0.4 is 10.1 Å². The SMILES string of the molecule is COc1ccc(-c2nnc(SCC(=O)NCc3ccccc3F)o2)cc1. The summed E-state index contributed by atoms with van der Waals surface area (Å²) in [5.41, 5.74) is 1.19. The molecule has 0 fully saturated rings. The van der Waals surface area contributed by atoms with Gasteiger partial charge in [0, 0.05) is 17.7 Å². The second-order valence-electron chi connectivity index (χ2n) is 5.26. The van der Waals surface area contributed by atoms with Crippen LogP contribution in [0.4, 0.5) is 4.39 Å². The Labute approximate surface area is 153 Å². The third-order valence-electron chi connectivity index (χ3n) is 3.50. The molecule has 0 saturated carbocycles. The summed E-state index contributed by atoms with van der Waals surface area (Å²) in [6, 6.07) is 13.5. The predicted octanol–water partition coefficient (Wildman–Crippen LogP) is 3.29. The zero-order chi connectivity index (χ0) is 18.4. The molecule has 0 spiro atoms. The molecule has 8 heteroatoms. The fourth-order valence-corrected chi connectivity index (χ4v) is 2.73. The maximum atomic E-state index is 13.5. The summed E-state index contributed by atoms with van der Waals surface area (Å²) in [4.78, 5) is 11.9. The summed E-state index contributed by atoms with van der Waals surface area (Å²) in [6.07, 6.45) is 0. The average molecular weight is 373 g/mol. The molecule has 1 aromatic heterocycles. The standard InChI is InChI=1S/C18H16FN3O3S/c1-24-14-8-6-12(7-9-14)17-21-22-18(25-17)26-11-16(23)20-10-13-4-2-3-5-15(13)19/h2-9H,10-11H2,1H3,(H,20,23). The molecule has 0 bridgehead atoms. The van der Waals surface area contributed by atoms with E-state index in [1.54, 1.807) is 37.4 Å². The summed E-state index contributed by atoms with van der Waals surface area (Å²) in [5, 5.41) is 10.8. The minimum Gasteiger partial charge on any atom is -0.497 e. The van der Waals surface area contributed by atoms with Crippen LogP contribution in [-0.2, 0) is 11.3 Å². The van der Waals surface area contributed by atoms with Crippen LogP contribution >= 0.6 is 11.8 Å². The molecular formula is C18H16FN3O3S. The van der Waals surface area contributed by atoms with E-state index in [0.717, 1.165) is 23.1 Å². The van der Waals surface area contributed by atoms with Gasteiger partial charge < -0.3 is 14.5 Å². The quantitative estimate of drug-likeness (QED) is 0.641. The van der Waals surface area contributed by atoms with Crippen molar-refractivity contribution in [1.82, 2.24) is 15.5 Å². The molecule has 0 atom stereocenters. The molecule has 1 amide bonds. The van der Waals surface area contributed by atoms with E-state index in [0.29, 0.717) is 11.5 Å². The Morgan fingerprint density at radius 1 is 1.19 bits per heavy atom. The van der Waals surface area contributed by atoms with Crippen LogP contribution in [0.5, 0.6) is 5.75 Å². The molecular weight excluding hydrogens is 357 g/mol. The van der Waals surface area contributed by atoms with Gasteiger partial charge in [-0.25, -0.2) is 4.39 Å². The summed E-state index contributed by atoms with van der Waals surface area (Å²) < 4.78 is 24.1. The fraction of sp³-hybridized carbons (Fsp3) is 0.167. The highest BCUT2D eigenvalue weighted by Gasteiger charge is 2.12. The number of hydrogen-bond acceptors (Lipinski definition) is 6. The lowest BCUT2D eigenvalue weighted by Gasteiger charge is -2.05. The Morgan fingerprint density at radius 3 is 2.69 bits per heavy atom. The van der Waals surface area contributed by atoms with E-state index in [9.17, 15) is 9.18 Å². The predicted molar refractivity (Wildman–Crippen MR) is 95.3 cm³/mol. The Balaban J connectivity index is 1.51. The van der Waals surface area contributed by atoms with Crippen molar-refractivity contribution in [2.24, 2.45) is 0 Å². The first-order chi connectivity index (χ1) is 12.7. The van der Waals surface area contributed by atoms with Gasteiger partial charge in [-0.05, 0) is 30.3 Å². The van der Waals surface area contributed by atoms with Crippen LogP contribution in [-0.4, -0.2) is 29.0 Å². The van der Waals surface area contributed by atoms with Gasteiger partial charge in [0.2, 0.25) is 11.8 Å². The smallest absolute Gasteiger partial charge is 0.277 e. The Kier molecular flexibility index (Phi) is 5.85. The molecule has 6 nitrogen and oxygen atoms in total. The number of carbonyl (C=O) groups is 1. The molecule has 0 aliphatic carbocycles. The van der Waals surface area contributed by atoms with Gasteiger partial charge in [0.15, 0.2) is 0 Å². The van der Waals surface area contributed by atoms with Crippen molar-refractivity contribution in [2.45, 2.75) is 11.8 Å². The number of amides is 1. The number of carbonyl (C=O) groups excluding carboxylic acids is 1. The lowest BCUT2D eigenvalue weighted by atomic mass is 10.2. The maximum absolute atomic E-state index is 13.5. The second-order valence-corrected chi connectivity index (χ2v) is 6.19. The minimum absolute atomic E-state index is 0.0959. The molecule has 3 aromatic rings. The van der Waals surface area contributed by atoms with E-state index in [-0.39, 0.29) is 29.2 Å². The number of nitrogens with one attached hydrogen (secondary N) is 1. The van der Waals surface area contributed by atoms with Crippen molar-refractivity contribution in [2.75, 3.05) is 12.9 Å². The van der Waals surface area contributed by atoms with E-state index < -0.39 is 0 Å². The van der Waals surface area contributed by atoms with Crippen LogP contribution in [0, 0.1) is 5.82 Å². The zero-order valence-electron chi connectivity index (χ0n) is 13.9. The van der Waals surface area contributed by atoms with Crippen molar-refractivity contribution in [1.29, 1.82) is 0 Å². The van der Waals surface area contributed by atoms with Gasteiger partial charge in [-0.1, -0.05) is 30.0 Å². The monoisotopic (exact) mass is 373 g/mol. The number of benzene rings is 2. The number of rotatable bonds is 7.